The Balaban J connectivity index is 1.84. The van der Waals surface area contributed by atoms with Crippen LogP contribution in [0.25, 0.3) is 17.1 Å². The second-order valence-corrected chi connectivity index (χ2v) is 6.70. The highest BCUT2D eigenvalue weighted by Gasteiger charge is 2.30. The van der Waals surface area contributed by atoms with Gasteiger partial charge in [0.25, 0.3) is 0 Å². The van der Waals surface area contributed by atoms with Crippen LogP contribution in [0, 0.1) is 12.8 Å². The number of nitrogens with zero attached hydrogens (tertiary/aromatic N) is 3. The van der Waals surface area contributed by atoms with Gasteiger partial charge in [0.1, 0.15) is 11.6 Å². The van der Waals surface area contributed by atoms with Crippen molar-refractivity contribution in [2.45, 2.75) is 39.5 Å². The van der Waals surface area contributed by atoms with Gasteiger partial charge in [-0.2, -0.15) is 0 Å². The van der Waals surface area contributed by atoms with Crippen molar-refractivity contribution in [2.24, 2.45) is 5.92 Å². The molecule has 1 N–H and O–H groups in total. The van der Waals surface area contributed by atoms with E-state index in [-0.39, 0.29) is 11.8 Å². The fourth-order valence-corrected chi connectivity index (χ4v) is 2.66. The van der Waals surface area contributed by atoms with Crippen molar-refractivity contribution in [1.29, 1.82) is 0 Å². The Bertz CT molecular complexity index is 918. The van der Waals surface area contributed by atoms with E-state index in [0.29, 0.717) is 23.2 Å². The van der Waals surface area contributed by atoms with Crippen molar-refractivity contribution in [3.05, 3.63) is 36.0 Å². The number of fused-ring (bicyclic) bond motifs is 1. The molecule has 0 atom stereocenters. The van der Waals surface area contributed by atoms with Crippen LogP contribution in [0.3, 0.4) is 0 Å². The molecule has 4 rings (SSSR count). The molecule has 1 fully saturated rings. The van der Waals surface area contributed by atoms with Crippen LogP contribution in [0.5, 0.6) is 0 Å². The molecule has 3 heterocycles. The minimum absolute atomic E-state index is 0.0348. The van der Waals surface area contributed by atoms with Crippen molar-refractivity contribution in [2.75, 3.05) is 5.32 Å². The molecule has 3 aromatic heterocycles. The molecule has 6 nitrogen and oxygen atoms in total. The van der Waals surface area contributed by atoms with E-state index in [9.17, 15) is 4.79 Å². The van der Waals surface area contributed by atoms with Crippen LogP contribution in [0.1, 0.15) is 44.1 Å². The van der Waals surface area contributed by atoms with Gasteiger partial charge in [0.2, 0.25) is 5.91 Å². The summed E-state index contributed by atoms with van der Waals surface area (Å²) in [6.07, 6.45) is 5.71. The first-order chi connectivity index (χ1) is 11.5. The zero-order chi connectivity index (χ0) is 16.8. The number of aromatic nitrogens is 3. The molecule has 0 spiro atoms. The minimum atomic E-state index is 0.0348. The molecule has 6 heteroatoms. The van der Waals surface area contributed by atoms with Crippen molar-refractivity contribution in [3.8, 4) is 11.5 Å². The minimum Gasteiger partial charge on any atom is -0.460 e. The van der Waals surface area contributed by atoms with E-state index >= 15 is 0 Å². The molecular weight excluding hydrogens is 304 g/mol. The normalized spacial score (nSPS) is 14.5. The molecule has 1 saturated carbocycles. The Labute approximate surface area is 139 Å². The Morgan fingerprint density at radius 1 is 1.29 bits per heavy atom. The van der Waals surface area contributed by atoms with E-state index in [1.807, 2.05) is 35.9 Å². The van der Waals surface area contributed by atoms with Crippen LogP contribution in [-0.2, 0) is 4.79 Å². The van der Waals surface area contributed by atoms with E-state index in [2.05, 4.69) is 24.1 Å². The van der Waals surface area contributed by atoms with Gasteiger partial charge in [0.15, 0.2) is 17.1 Å². The molecule has 0 bridgehead atoms. The van der Waals surface area contributed by atoms with Gasteiger partial charge in [-0.3, -0.25) is 4.79 Å². The summed E-state index contributed by atoms with van der Waals surface area (Å²) >= 11 is 0. The van der Waals surface area contributed by atoms with Gasteiger partial charge >= 0.3 is 0 Å². The molecule has 0 unspecified atom stereocenters. The lowest BCUT2D eigenvalue weighted by Gasteiger charge is -2.07. The quantitative estimate of drug-likeness (QED) is 0.793. The summed E-state index contributed by atoms with van der Waals surface area (Å²) in [6.45, 7) is 6.09. The van der Waals surface area contributed by atoms with Crippen LogP contribution >= 0.6 is 0 Å². The number of aryl methyl sites for hydroxylation is 1. The standard InChI is InChI=1S/C18H20N4O2/c1-10(2)13-8-22-9-15(21-18(23)12-5-6-12)20-16(17(22)19-13)14-7-4-11(3)24-14/h4,7-10,12H,5-6H2,1-3H3,(H,21,23). The summed E-state index contributed by atoms with van der Waals surface area (Å²) in [6, 6.07) is 3.78. The average molecular weight is 324 g/mol. The first-order valence-electron chi connectivity index (χ1n) is 8.28. The largest absolute Gasteiger partial charge is 0.460 e. The van der Waals surface area contributed by atoms with E-state index < -0.39 is 0 Å². The predicted octanol–water partition coefficient (Wildman–Crippen LogP) is 3.77. The van der Waals surface area contributed by atoms with Crippen molar-refractivity contribution < 1.29 is 9.21 Å². The molecule has 0 saturated heterocycles. The summed E-state index contributed by atoms with van der Waals surface area (Å²) in [4.78, 5) is 21.4. The number of hydrogen-bond acceptors (Lipinski definition) is 4. The van der Waals surface area contributed by atoms with E-state index in [1.54, 1.807) is 0 Å². The zero-order valence-corrected chi connectivity index (χ0v) is 14.0. The Morgan fingerprint density at radius 3 is 2.71 bits per heavy atom. The highest BCUT2D eigenvalue weighted by Crippen LogP contribution is 2.31. The maximum atomic E-state index is 12.1. The summed E-state index contributed by atoms with van der Waals surface area (Å²) in [5, 5.41) is 2.91. The lowest BCUT2D eigenvalue weighted by molar-refractivity contribution is -0.117. The molecule has 0 aliphatic heterocycles. The molecular formula is C18H20N4O2. The van der Waals surface area contributed by atoms with E-state index in [4.69, 9.17) is 9.40 Å². The van der Waals surface area contributed by atoms with Crippen molar-refractivity contribution in [1.82, 2.24) is 14.4 Å². The monoisotopic (exact) mass is 324 g/mol. The molecule has 124 valence electrons. The van der Waals surface area contributed by atoms with Gasteiger partial charge in [0, 0.05) is 12.1 Å². The van der Waals surface area contributed by atoms with E-state index in [0.717, 1.165) is 29.9 Å². The molecule has 3 aromatic rings. The van der Waals surface area contributed by atoms with Gasteiger partial charge in [-0.05, 0) is 37.8 Å². The van der Waals surface area contributed by atoms with Gasteiger partial charge in [0.05, 0.1) is 11.9 Å². The third-order valence-corrected chi connectivity index (χ3v) is 4.22. The Hall–Kier alpha value is -2.63. The summed E-state index contributed by atoms with van der Waals surface area (Å²) < 4.78 is 7.65. The van der Waals surface area contributed by atoms with E-state index in [1.165, 1.54) is 0 Å². The third-order valence-electron chi connectivity index (χ3n) is 4.22. The lowest BCUT2D eigenvalue weighted by atomic mass is 10.2. The number of hydrogen-bond donors (Lipinski definition) is 1. The second-order valence-electron chi connectivity index (χ2n) is 6.70. The maximum absolute atomic E-state index is 12.1. The molecule has 0 radical (unpaired) electrons. The van der Waals surface area contributed by atoms with Crippen LogP contribution in [0.4, 0.5) is 5.82 Å². The SMILES string of the molecule is Cc1ccc(-c2nc(NC(=O)C3CC3)cn3cc(C(C)C)nc23)o1. The topological polar surface area (TPSA) is 72.4 Å². The fourth-order valence-electron chi connectivity index (χ4n) is 2.66. The number of nitrogens with one attached hydrogen (secondary N) is 1. The van der Waals surface area contributed by atoms with Crippen molar-refractivity contribution >= 4 is 17.4 Å². The average Bonchev–Trinajstić information content (AvgIpc) is 3.16. The van der Waals surface area contributed by atoms with Gasteiger partial charge in [-0.15, -0.1) is 0 Å². The second kappa shape index (κ2) is 5.47. The number of carbonyl (C=O) groups excluding carboxylic acids is 1. The maximum Gasteiger partial charge on any atom is 0.228 e. The summed E-state index contributed by atoms with van der Waals surface area (Å²) in [5.74, 6) is 2.46. The van der Waals surface area contributed by atoms with Gasteiger partial charge < -0.3 is 14.1 Å². The number of furan rings is 1. The molecule has 1 aliphatic rings. The number of imidazole rings is 1. The Kier molecular flexibility index (Phi) is 3.40. The van der Waals surface area contributed by atoms with Crippen LogP contribution in [0.15, 0.2) is 28.9 Å². The summed E-state index contributed by atoms with van der Waals surface area (Å²) in [5.41, 5.74) is 2.35. The number of rotatable bonds is 4. The number of carbonyl (C=O) groups is 1. The van der Waals surface area contributed by atoms with Gasteiger partial charge in [-0.25, -0.2) is 9.97 Å². The smallest absolute Gasteiger partial charge is 0.228 e. The number of anilines is 1. The Morgan fingerprint density at radius 2 is 2.08 bits per heavy atom. The zero-order valence-electron chi connectivity index (χ0n) is 14.0. The fraction of sp³-hybridized carbons (Fsp3) is 0.389. The van der Waals surface area contributed by atoms with Crippen molar-refractivity contribution in [3.63, 3.8) is 0 Å². The summed E-state index contributed by atoms with van der Waals surface area (Å²) in [7, 11) is 0. The van der Waals surface area contributed by atoms with Crippen LogP contribution in [0.2, 0.25) is 0 Å². The van der Waals surface area contributed by atoms with Crippen LogP contribution in [-0.4, -0.2) is 20.3 Å². The molecule has 24 heavy (non-hydrogen) atoms. The predicted molar refractivity (Wildman–Crippen MR) is 90.9 cm³/mol. The van der Waals surface area contributed by atoms with Crippen LogP contribution < -0.4 is 5.32 Å². The first kappa shape index (κ1) is 14.9. The molecule has 1 amide bonds. The lowest BCUT2D eigenvalue weighted by Crippen LogP contribution is -2.15. The molecule has 0 aromatic carbocycles. The third kappa shape index (κ3) is 2.68. The first-order valence-corrected chi connectivity index (χ1v) is 8.28. The van der Waals surface area contributed by atoms with Gasteiger partial charge in [-0.1, -0.05) is 13.8 Å². The molecule has 1 aliphatic carbocycles. The number of amides is 1. The highest BCUT2D eigenvalue weighted by atomic mass is 16.3. The highest BCUT2D eigenvalue weighted by molar-refractivity contribution is 5.93.